The highest BCUT2D eigenvalue weighted by molar-refractivity contribution is 5.98. The lowest BCUT2D eigenvalue weighted by molar-refractivity contribution is -0.137. The van der Waals surface area contributed by atoms with Gasteiger partial charge in [0.1, 0.15) is 5.75 Å². The molecule has 0 saturated carbocycles. The zero-order chi connectivity index (χ0) is 17.9. The van der Waals surface area contributed by atoms with Crippen molar-refractivity contribution in [1.29, 1.82) is 0 Å². The van der Waals surface area contributed by atoms with E-state index in [0.29, 0.717) is 11.3 Å². The molecule has 2 rings (SSSR count). The maximum absolute atomic E-state index is 12.6. The van der Waals surface area contributed by atoms with Gasteiger partial charge >= 0.3 is 5.97 Å². The van der Waals surface area contributed by atoms with Crippen molar-refractivity contribution in [1.82, 2.24) is 9.47 Å². The van der Waals surface area contributed by atoms with Crippen LogP contribution in [0.2, 0.25) is 0 Å². The Bertz CT molecular complexity index is 752. The number of ether oxygens (including phenoxy) is 1. The molecule has 3 N–H and O–H groups in total. The van der Waals surface area contributed by atoms with Crippen LogP contribution >= 0.6 is 0 Å². The molecular weight excluding hydrogens is 310 g/mol. The monoisotopic (exact) mass is 333 g/mol. The molecule has 7 heteroatoms. The van der Waals surface area contributed by atoms with Crippen molar-refractivity contribution in [3.05, 3.63) is 30.0 Å². The minimum Gasteiger partial charge on any atom is -0.497 e. The normalized spacial score (nSPS) is 12.5. The molecule has 0 bridgehead atoms. The van der Waals surface area contributed by atoms with Gasteiger partial charge in [0, 0.05) is 24.2 Å². The van der Waals surface area contributed by atoms with Gasteiger partial charge in [0.25, 0.3) is 0 Å². The summed E-state index contributed by atoms with van der Waals surface area (Å²) in [5.74, 6) is -0.912. The first kappa shape index (κ1) is 18.0. The van der Waals surface area contributed by atoms with Crippen molar-refractivity contribution in [2.45, 2.75) is 18.9 Å². The van der Waals surface area contributed by atoms with Crippen molar-refractivity contribution in [2.24, 2.45) is 5.73 Å². The van der Waals surface area contributed by atoms with Crippen molar-refractivity contribution in [3.8, 4) is 5.75 Å². The lowest BCUT2D eigenvalue weighted by Gasteiger charge is -2.10. The van der Waals surface area contributed by atoms with Crippen LogP contribution in [0.25, 0.3) is 10.9 Å². The number of nitrogens with zero attached hydrogens (tertiary/aromatic N) is 2. The minimum absolute atomic E-state index is 0.407. The molecule has 0 aliphatic heterocycles. The highest BCUT2D eigenvalue weighted by Crippen LogP contribution is 2.26. The number of hydrogen-bond acceptors (Lipinski definition) is 5. The van der Waals surface area contributed by atoms with E-state index in [1.807, 2.05) is 26.2 Å². The Morgan fingerprint density at radius 1 is 1.38 bits per heavy atom. The molecule has 1 atom stereocenters. The number of likely N-dealkylation sites (N-methyl/N-ethyl adjacent to an activating group) is 1. The molecule has 24 heavy (non-hydrogen) atoms. The van der Waals surface area contributed by atoms with Gasteiger partial charge in [0.05, 0.1) is 25.1 Å². The largest absolute Gasteiger partial charge is 0.497 e. The van der Waals surface area contributed by atoms with Crippen LogP contribution in [0.15, 0.2) is 24.4 Å². The van der Waals surface area contributed by atoms with Crippen molar-refractivity contribution in [3.63, 3.8) is 0 Å². The summed E-state index contributed by atoms with van der Waals surface area (Å²) in [6.45, 7) is 0.834. The van der Waals surface area contributed by atoms with E-state index in [1.54, 1.807) is 19.4 Å². The number of carbonyl (C=O) groups excluding carboxylic acids is 1. The minimum atomic E-state index is -1.10. The van der Waals surface area contributed by atoms with Crippen LogP contribution in [0.5, 0.6) is 5.75 Å². The summed E-state index contributed by atoms with van der Waals surface area (Å²) < 4.78 is 6.67. The molecule has 130 valence electrons. The Morgan fingerprint density at radius 3 is 2.67 bits per heavy atom. The number of hydrogen-bond donors (Lipinski definition) is 2. The van der Waals surface area contributed by atoms with Crippen molar-refractivity contribution < 1.29 is 19.4 Å². The van der Waals surface area contributed by atoms with Gasteiger partial charge in [-0.1, -0.05) is 0 Å². The highest BCUT2D eigenvalue weighted by Gasteiger charge is 2.22. The van der Waals surface area contributed by atoms with Gasteiger partial charge in [-0.05, 0) is 38.2 Å². The molecule has 0 aliphatic rings. The number of aliphatic carboxylic acids is 1. The smallest absolute Gasteiger partial charge is 0.305 e. The predicted molar refractivity (Wildman–Crippen MR) is 91.6 cm³/mol. The molecule has 2 aromatic rings. The summed E-state index contributed by atoms with van der Waals surface area (Å²) >= 11 is 0. The Balaban J connectivity index is 2.46. The summed E-state index contributed by atoms with van der Waals surface area (Å²) in [5, 5.41) is 9.80. The SMILES string of the molecule is COc1ccc2c(CCN(C)C)cn(C(=O)C(N)CC(=O)O)c2c1. The van der Waals surface area contributed by atoms with E-state index in [9.17, 15) is 9.59 Å². The first-order valence-electron chi connectivity index (χ1n) is 7.67. The van der Waals surface area contributed by atoms with Gasteiger partial charge in [0.2, 0.25) is 5.91 Å². The zero-order valence-corrected chi connectivity index (χ0v) is 14.2. The van der Waals surface area contributed by atoms with Crippen LogP contribution in [0.1, 0.15) is 16.8 Å². The first-order valence-corrected chi connectivity index (χ1v) is 7.67. The maximum atomic E-state index is 12.6. The lowest BCUT2D eigenvalue weighted by atomic mass is 10.1. The lowest BCUT2D eigenvalue weighted by Crippen LogP contribution is -2.36. The fraction of sp³-hybridized carbons (Fsp3) is 0.412. The number of fused-ring (bicyclic) bond motifs is 1. The summed E-state index contributed by atoms with van der Waals surface area (Å²) in [6.07, 6.45) is 2.11. The number of benzene rings is 1. The molecule has 0 fully saturated rings. The Morgan fingerprint density at radius 2 is 2.08 bits per heavy atom. The second-order valence-electron chi connectivity index (χ2n) is 6.00. The topological polar surface area (TPSA) is 97.8 Å². The highest BCUT2D eigenvalue weighted by atomic mass is 16.5. The molecule has 1 heterocycles. The molecule has 1 unspecified atom stereocenters. The Hall–Kier alpha value is -2.38. The summed E-state index contributed by atoms with van der Waals surface area (Å²) in [5.41, 5.74) is 7.44. The number of carbonyl (C=O) groups is 2. The molecule has 0 amide bonds. The third kappa shape index (κ3) is 3.93. The van der Waals surface area contributed by atoms with E-state index in [-0.39, 0.29) is 0 Å². The van der Waals surface area contributed by atoms with Gasteiger partial charge < -0.3 is 20.5 Å². The molecule has 0 radical (unpaired) electrons. The van der Waals surface area contributed by atoms with Gasteiger partial charge in [-0.15, -0.1) is 0 Å². The average Bonchev–Trinajstić information content (AvgIpc) is 2.89. The van der Waals surface area contributed by atoms with Crippen LogP contribution in [-0.2, 0) is 11.2 Å². The van der Waals surface area contributed by atoms with E-state index < -0.39 is 24.3 Å². The van der Waals surface area contributed by atoms with Crippen LogP contribution in [0.4, 0.5) is 0 Å². The fourth-order valence-corrected chi connectivity index (χ4v) is 2.58. The van der Waals surface area contributed by atoms with Crippen molar-refractivity contribution >= 4 is 22.8 Å². The number of methoxy groups -OCH3 is 1. The second-order valence-corrected chi connectivity index (χ2v) is 6.00. The number of rotatable bonds is 7. The van der Waals surface area contributed by atoms with Gasteiger partial charge in [-0.25, -0.2) is 0 Å². The van der Waals surface area contributed by atoms with Crippen LogP contribution in [-0.4, -0.2) is 60.2 Å². The van der Waals surface area contributed by atoms with E-state index >= 15 is 0 Å². The Kier molecular flexibility index (Phi) is 5.58. The summed E-state index contributed by atoms with van der Waals surface area (Å²) in [6, 6.07) is 4.42. The number of nitrogens with two attached hydrogens (primary N) is 1. The molecule has 0 saturated heterocycles. The summed E-state index contributed by atoms with van der Waals surface area (Å²) in [7, 11) is 5.52. The molecule has 7 nitrogen and oxygen atoms in total. The molecule has 0 aliphatic carbocycles. The predicted octanol–water partition coefficient (Wildman–Crippen LogP) is 1.20. The number of carboxylic acids is 1. The van der Waals surface area contributed by atoms with E-state index in [1.165, 1.54) is 4.57 Å². The first-order chi connectivity index (χ1) is 11.3. The quantitative estimate of drug-likeness (QED) is 0.790. The molecule has 1 aromatic heterocycles. The summed E-state index contributed by atoms with van der Waals surface area (Å²) in [4.78, 5) is 25.5. The average molecular weight is 333 g/mol. The third-order valence-corrected chi connectivity index (χ3v) is 3.87. The van der Waals surface area contributed by atoms with Crippen LogP contribution < -0.4 is 10.5 Å². The fourth-order valence-electron chi connectivity index (χ4n) is 2.58. The molecule has 0 spiro atoms. The maximum Gasteiger partial charge on any atom is 0.305 e. The standard InChI is InChI=1S/C17H23N3O4/c1-19(2)7-6-11-10-20(17(23)14(18)9-16(21)22)15-8-12(24-3)4-5-13(11)15/h4-5,8,10,14H,6-7,9,18H2,1-3H3,(H,21,22). The number of aromatic nitrogens is 1. The second kappa shape index (κ2) is 7.46. The van der Waals surface area contributed by atoms with E-state index in [4.69, 9.17) is 15.6 Å². The molecular formula is C17H23N3O4. The Labute approximate surface area is 140 Å². The number of carboxylic acid groups (broad SMARTS) is 1. The van der Waals surface area contributed by atoms with Gasteiger partial charge in [0.15, 0.2) is 0 Å². The molecule has 1 aromatic carbocycles. The van der Waals surface area contributed by atoms with Crippen LogP contribution in [0, 0.1) is 0 Å². The van der Waals surface area contributed by atoms with Crippen LogP contribution in [0.3, 0.4) is 0 Å². The van der Waals surface area contributed by atoms with Gasteiger partial charge in [-0.3, -0.25) is 14.2 Å². The van der Waals surface area contributed by atoms with Gasteiger partial charge in [-0.2, -0.15) is 0 Å². The van der Waals surface area contributed by atoms with E-state index in [2.05, 4.69) is 4.90 Å². The van der Waals surface area contributed by atoms with E-state index in [0.717, 1.165) is 23.9 Å². The third-order valence-electron chi connectivity index (χ3n) is 3.87. The van der Waals surface area contributed by atoms with Crippen molar-refractivity contribution in [2.75, 3.05) is 27.7 Å². The zero-order valence-electron chi connectivity index (χ0n) is 14.2.